The van der Waals surface area contributed by atoms with Gasteiger partial charge in [-0.15, -0.1) is 23.1 Å². The Kier molecular flexibility index (Phi) is 13.4. The highest BCUT2D eigenvalue weighted by Crippen LogP contribution is 2.44. The van der Waals surface area contributed by atoms with Crippen LogP contribution in [0, 0.1) is 0 Å². The minimum absolute atomic E-state index is 0.133. The third kappa shape index (κ3) is 8.97. The zero-order valence-electron chi connectivity index (χ0n) is 37.5. The maximum absolute atomic E-state index is 15.0. The molecular weight excluding hydrogens is 909 g/mol. The first-order valence-electron chi connectivity index (χ1n) is 22.0. The third-order valence-electron chi connectivity index (χ3n) is 12.0. The smallest absolute Gasteiger partial charge is 0.409 e. The Balaban J connectivity index is 1.14. The summed E-state index contributed by atoms with van der Waals surface area (Å²) in [5.74, 6) is -2.65. The van der Waals surface area contributed by atoms with E-state index in [9.17, 15) is 19.5 Å². The summed E-state index contributed by atoms with van der Waals surface area (Å²) >= 11 is 2.52. The molecule has 3 N–H and O–H groups in total. The topological polar surface area (TPSA) is 163 Å². The highest BCUT2D eigenvalue weighted by Gasteiger charge is 2.55. The second kappa shape index (κ2) is 20.1. The van der Waals surface area contributed by atoms with Gasteiger partial charge >= 0.3 is 12.1 Å². The van der Waals surface area contributed by atoms with Gasteiger partial charge in [-0.25, -0.2) is 14.6 Å². The Morgan fingerprint density at radius 2 is 1.17 bits per heavy atom. The van der Waals surface area contributed by atoms with Gasteiger partial charge in [0, 0.05) is 47.5 Å². The SMILES string of the molecule is CN(C)C(=O)OCC1=C(C(=O)O)N2C(=O)C(NC(=O)/C(=N\OC(c3ccccc3)(c3ccccc3)c3ccccc3)c3csc(NC(c4ccccc4)(c4ccccc4)c4ccccc4)n3)[C@@H]2SC1. The summed E-state index contributed by atoms with van der Waals surface area (Å²) in [6, 6.07) is 57.7. The summed E-state index contributed by atoms with van der Waals surface area (Å²) in [5, 5.41) is 23.1. The van der Waals surface area contributed by atoms with Crippen LogP contribution in [0.5, 0.6) is 0 Å². The second-order valence-electron chi connectivity index (χ2n) is 16.4. The van der Waals surface area contributed by atoms with E-state index in [1.54, 1.807) is 5.38 Å². The Bertz CT molecular complexity index is 2820. The number of benzene rings is 6. The monoisotopic (exact) mass is 954 g/mol. The number of aliphatic carboxylic acids is 1. The number of amides is 3. The van der Waals surface area contributed by atoms with Gasteiger partial charge in [0.05, 0.1) is 0 Å². The molecule has 2 atom stereocenters. The molecule has 346 valence electrons. The van der Waals surface area contributed by atoms with Crippen molar-refractivity contribution in [2.75, 3.05) is 31.8 Å². The molecule has 9 rings (SSSR count). The van der Waals surface area contributed by atoms with E-state index in [0.717, 1.165) is 38.3 Å². The van der Waals surface area contributed by atoms with Gasteiger partial charge in [-0.05, 0) is 16.7 Å². The normalized spacial score (nSPS) is 15.9. The molecule has 69 heavy (non-hydrogen) atoms. The molecular formula is C54H46N6O7S2. The molecule has 2 aliphatic rings. The van der Waals surface area contributed by atoms with E-state index in [2.05, 4.69) is 47.0 Å². The van der Waals surface area contributed by atoms with Crippen molar-refractivity contribution < 1.29 is 33.9 Å². The molecule has 1 fully saturated rings. The Morgan fingerprint density at radius 1 is 0.725 bits per heavy atom. The van der Waals surface area contributed by atoms with E-state index in [0.29, 0.717) is 5.13 Å². The zero-order chi connectivity index (χ0) is 48.0. The number of thioether (sulfide) groups is 1. The molecule has 13 nitrogen and oxygen atoms in total. The highest BCUT2D eigenvalue weighted by molar-refractivity contribution is 8.00. The highest BCUT2D eigenvalue weighted by atomic mass is 32.2. The number of hydrogen-bond donors (Lipinski definition) is 3. The van der Waals surface area contributed by atoms with Crippen LogP contribution < -0.4 is 10.6 Å². The van der Waals surface area contributed by atoms with E-state index < -0.39 is 46.4 Å². The van der Waals surface area contributed by atoms with Crippen molar-refractivity contribution in [3.63, 3.8) is 0 Å². The number of fused-ring (bicyclic) bond motifs is 1. The number of carboxylic acid groups (broad SMARTS) is 1. The largest absolute Gasteiger partial charge is 0.477 e. The van der Waals surface area contributed by atoms with Crippen molar-refractivity contribution in [3.05, 3.63) is 238 Å². The molecule has 15 heteroatoms. The molecule has 7 aromatic rings. The van der Waals surface area contributed by atoms with E-state index in [4.69, 9.17) is 19.7 Å². The van der Waals surface area contributed by atoms with Crippen molar-refractivity contribution in [1.29, 1.82) is 0 Å². The number of β-lactam (4-membered cyclic amide) rings is 1. The molecule has 0 saturated carbocycles. The van der Waals surface area contributed by atoms with Crippen LogP contribution in [-0.2, 0) is 35.1 Å². The fraction of sp³-hybridized carbons (Fsp3) is 0.148. The lowest BCUT2D eigenvalue weighted by Gasteiger charge is -2.49. The van der Waals surface area contributed by atoms with Crippen molar-refractivity contribution >= 4 is 57.8 Å². The molecule has 3 amide bonds. The number of hydrogen-bond acceptors (Lipinski definition) is 11. The van der Waals surface area contributed by atoms with Crippen LogP contribution in [0.25, 0.3) is 0 Å². The molecule has 0 radical (unpaired) electrons. The van der Waals surface area contributed by atoms with E-state index >= 15 is 4.79 Å². The molecule has 0 aliphatic carbocycles. The first-order chi connectivity index (χ1) is 33.6. The molecule has 0 spiro atoms. The number of rotatable bonds is 16. The Labute approximate surface area is 407 Å². The van der Waals surface area contributed by atoms with Gasteiger partial charge in [0.25, 0.3) is 11.8 Å². The predicted octanol–water partition coefficient (Wildman–Crippen LogP) is 8.70. The number of oxime groups is 1. The van der Waals surface area contributed by atoms with Crippen LogP contribution in [0.1, 0.15) is 39.1 Å². The van der Waals surface area contributed by atoms with E-state index in [1.165, 1.54) is 42.1 Å². The number of nitrogens with zero attached hydrogens (tertiary/aromatic N) is 4. The minimum Gasteiger partial charge on any atom is -0.477 e. The van der Waals surface area contributed by atoms with Crippen LogP contribution >= 0.6 is 23.1 Å². The lowest BCUT2D eigenvalue weighted by molar-refractivity contribution is -0.150. The van der Waals surface area contributed by atoms with Crippen LogP contribution in [0.2, 0.25) is 0 Å². The number of nitrogens with one attached hydrogen (secondary N) is 2. The zero-order valence-corrected chi connectivity index (χ0v) is 39.1. The van der Waals surface area contributed by atoms with E-state index in [-0.39, 0.29) is 35.0 Å². The molecule has 1 saturated heterocycles. The van der Waals surface area contributed by atoms with Crippen LogP contribution in [0.15, 0.2) is 204 Å². The quantitative estimate of drug-likeness (QED) is 0.0370. The van der Waals surface area contributed by atoms with Crippen LogP contribution in [-0.4, -0.2) is 87.3 Å². The number of carbonyl (C=O) groups excluding carboxylic acids is 3. The fourth-order valence-electron chi connectivity index (χ4n) is 8.66. The first kappa shape index (κ1) is 46.1. The van der Waals surface area contributed by atoms with E-state index in [1.807, 2.05) is 146 Å². The van der Waals surface area contributed by atoms with Crippen LogP contribution in [0.4, 0.5) is 9.93 Å². The molecule has 0 bridgehead atoms. The van der Waals surface area contributed by atoms with Gasteiger partial charge < -0.3 is 30.2 Å². The number of ether oxygens (including phenoxy) is 1. The van der Waals surface area contributed by atoms with Gasteiger partial charge in [0.1, 0.15) is 35.0 Å². The molecule has 2 aliphatic heterocycles. The maximum atomic E-state index is 15.0. The predicted molar refractivity (Wildman–Crippen MR) is 266 cm³/mol. The summed E-state index contributed by atoms with van der Waals surface area (Å²) in [6.07, 6.45) is -0.657. The fourth-order valence-corrected chi connectivity index (χ4v) is 10.7. The second-order valence-corrected chi connectivity index (χ2v) is 18.4. The number of anilines is 1. The number of carboxylic acids is 1. The van der Waals surface area contributed by atoms with Gasteiger partial charge in [0.2, 0.25) is 5.60 Å². The maximum Gasteiger partial charge on any atom is 0.409 e. The van der Waals surface area contributed by atoms with Gasteiger partial charge in [-0.1, -0.05) is 187 Å². The molecule has 1 unspecified atom stereocenters. The molecule has 3 heterocycles. The average molecular weight is 955 g/mol. The van der Waals surface area contributed by atoms with Crippen molar-refractivity contribution in [2.45, 2.75) is 22.6 Å². The van der Waals surface area contributed by atoms with Crippen molar-refractivity contribution in [1.82, 2.24) is 20.1 Å². The third-order valence-corrected chi connectivity index (χ3v) is 14.1. The average Bonchev–Trinajstić information content (AvgIpc) is 3.86. The first-order valence-corrected chi connectivity index (χ1v) is 23.9. The standard InChI is InChI=1S/C54H46N6O7S2/c1-59(2)52(65)66-33-36-34-68-49-45(48(62)60(49)46(36)50(63)64)56-47(61)44(58-67-54(40-27-15-6-16-28-40,41-29-17-7-18-30-41)42-31-19-8-20-32-42)43-35-69-51(55-43)57-53(37-21-9-3-10-22-37,38-23-11-4-12-24-38)39-25-13-5-14-26-39/h3-32,35,45,49H,33-34H2,1-2H3,(H,55,57)(H,56,61)(H,63,64)/b58-44-/t45?,49-/m0/s1. The van der Waals surface area contributed by atoms with Gasteiger partial charge in [0.15, 0.2) is 10.8 Å². The summed E-state index contributed by atoms with van der Waals surface area (Å²) < 4.78 is 5.30. The summed E-state index contributed by atoms with van der Waals surface area (Å²) in [6.45, 7) is -0.320. The number of thiazole rings is 1. The van der Waals surface area contributed by atoms with Gasteiger partial charge in [-0.2, -0.15) is 0 Å². The Morgan fingerprint density at radius 3 is 1.61 bits per heavy atom. The van der Waals surface area contributed by atoms with Gasteiger partial charge in [-0.3, -0.25) is 14.5 Å². The van der Waals surface area contributed by atoms with Crippen molar-refractivity contribution in [3.8, 4) is 0 Å². The molecule has 1 aromatic heterocycles. The molecule has 6 aromatic carbocycles. The Hall–Kier alpha value is -8.01. The van der Waals surface area contributed by atoms with Crippen LogP contribution in [0.3, 0.4) is 0 Å². The lowest BCUT2D eigenvalue weighted by atomic mass is 9.77. The lowest BCUT2D eigenvalue weighted by Crippen LogP contribution is -2.71. The minimum atomic E-state index is -1.38. The summed E-state index contributed by atoms with van der Waals surface area (Å²) in [5.41, 5.74) is 2.59. The number of carbonyl (C=O) groups is 4. The number of aromatic nitrogens is 1. The van der Waals surface area contributed by atoms with Crippen molar-refractivity contribution in [2.24, 2.45) is 5.16 Å². The summed E-state index contributed by atoms with van der Waals surface area (Å²) in [7, 11) is 3.02. The summed E-state index contributed by atoms with van der Waals surface area (Å²) in [4.78, 5) is 68.2.